The number of methoxy groups -OCH3 is 1. The Morgan fingerprint density at radius 2 is 2.00 bits per heavy atom. The number of hydrogen-bond donors (Lipinski definition) is 0. The Kier molecular flexibility index (Phi) is 4.30. The van der Waals surface area contributed by atoms with E-state index in [1.54, 1.807) is 12.1 Å². The number of esters is 1. The first-order chi connectivity index (χ1) is 9.19. The van der Waals surface area contributed by atoms with Gasteiger partial charge in [-0.3, -0.25) is 4.98 Å². The summed E-state index contributed by atoms with van der Waals surface area (Å²) in [5, 5.41) is 0.663. The van der Waals surface area contributed by atoms with E-state index in [-0.39, 0.29) is 11.6 Å². The molecule has 0 saturated heterocycles. The van der Waals surface area contributed by atoms with E-state index in [9.17, 15) is 4.79 Å². The third kappa shape index (κ3) is 3.66. The first-order valence-electron chi connectivity index (χ1n) is 5.46. The van der Waals surface area contributed by atoms with Crippen molar-refractivity contribution in [3.8, 4) is 5.88 Å². The first-order valence-corrected chi connectivity index (χ1v) is 5.84. The number of benzene rings is 1. The summed E-state index contributed by atoms with van der Waals surface area (Å²) in [6, 6.07) is 7.24. The summed E-state index contributed by atoms with van der Waals surface area (Å²) in [4.78, 5) is 19.1. The van der Waals surface area contributed by atoms with E-state index in [1.165, 1.54) is 19.5 Å². The fourth-order valence-corrected chi connectivity index (χ4v) is 1.48. The molecule has 5 nitrogen and oxygen atoms in total. The van der Waals surface area contributed by atoms with Crippen molar-refractivity contribution < 1.29 is 14.3 Å². The fraction of sp³-hybridized carbons (Fsp3) is 0.154. The van der Waals surface area contributed by atoms with Crippen LogP contribution in [-0.4, -0.2) is 23.0 Å². The van der Waals surface area contributed by atoms with Gasteiger partial charge in [0.05, 0.1) is 19.5 Å². The van der Waals surface area contributed by atoms with Crippen LogP contribution in [0.3, 0.4) is 0 Å². The monoisotopic (exact) mass is 278 g/mol. The molecular formula is C13H11ClN2O3. The second kappa shape index (κ2) is 6.15. The minimum absolute atomic E-state index is 0.108. The molecule has 0 spiro atoms. The van der Waals surface area contributed by atoms with Crippen LogP contribution >= 0.6 is 11.6 Å². The molecule has 0 amide bonds. The lowest BCUT2D eigenvalue weighted by Crippen LogP contribution is -2.06. The molecule has 1 aromatic heterocycles. The molecule has 0 aliphatic rings. The number of hydrogen-bond acceptors (Lipinski definition) is 5. The van der Waals surface area contributed by atoms with Gasteiger partial charge in [0.1, 0.15) is 6.61 Å². The van der Waals surface area contributed by atoms with E-state index >= 15 is 0 Å². The van der Waals surface area contributed by atoms with Crippen LogP contribution in [0.5, 0.6) is 5.88 Å². The SMILES string of the molecule is COC(=O)c1cncc(OCc2ccc(Cl)cc2)n1. The molecule has 0 radical (unpaired) electrons. The average Bonchev–Trinajstić information content (AvgIpc) is 2.46. The van der Waals surface area contributed by atoms with E-state index in [2.05, 4.69) is 14.7 Å². The molecule has 1 heterocycles. The first kappa shape index (κ1) is 13.3. The number of nitrogens with zero attached hydrogens (tertiary/aromatic N) is 2. The maximum Gasteiger partial charge on any atom is 0.358 e. The second-order valence-corrected chi connectivity index (χ2v) is 4.09. The molecule has 0 bridgehead atoms. The Morgan fingerprint density at radius 1 is 1.26 bits per heavy atom. The summed E-state index contributed by atoms with van der Waals surface area (Å²) in [5.41, 5.74) is 1.05. The van der Waals surface area contributed by atoms with Crippen molar-refractivity contribution in [3.63, 3.8) is 0 Å². The number of aromatic nitrogens is 2. The van der Waals surface area contributed by atoms with Crippen molar-refractivity contribution in [2.45, 2.75) is 6.61 Å². The van der Waals surface area contributed by atoms with Crippen LogP contribution in [-0.2, 0) is 11.3 Å². The standard InChI is InChI=1S/C13H11ClN2O3/c1-18-13(17)11-6-15-7-12(16-11)19-8-9-2-4-10(14)5-3-9/h2-7H,8H2,1H3. The van der Waals surface area contributed by atoms with Crippen LogP contribution in [0, 0.1) is 0 Å². The van der Waals surface area contributed by atoms with Gasteiger partial charge in [-0.2, -0.15) is 0 Å². The smallest absolute Gasteiger partial charge is 0.358 e. The number of carbonyl (C=O) groups is 1. The van der Waals surface area contributed by atoms with E-state index < -0.39 is 5.97 Å². The third-order valence-electron chi connectivity index (χ3n) is 2.31. The Bertz CT molecular complexity index is 572. The van der Waals surface area contributed by atoms with Crippen molar-refractivity contribution in [1.82, 2.24) is 9.97 Å². The molecule has 0 aliphatic heterocycles. The van der Waals surface area contributed by atoms with E-state index in [0.717, 1.165) is 5.56 Å². The fourth-order valence-electron chi connectivity index (χ4n) is 1.36. The van der Waals surface area contributed by atoms with Crippen molar-refractivity contribution in [1.29, 1.82) is 0 Å². The van der Waals surface area contributed by atoms with Gasteiger partial charge in [-0.05, 0) is 17.7 Å². The van der Waals surface area contributed by atoms with E-state index in [4.69, 9.17) is 16.3 Å². The molecule has 2 rings (SSSR count). The van der Waals surface area contributed by atoms with Gasteiger partial charge in [-0.1, -0.05) is 23.7 Å². The highest BCUT2D eigenvalue weighted by Gasteiger charge is 2.09. The van der Waals surface area contributed by atoms with Crippen molar-refractivity contribution in [2.75, 3.05) is 7.11 Å². The van der Waals surface area contributed by atoms with Crippen LogP contribution in [0.2, 0.25) is 5.02 Å². The van der Waals surface area contributed by atoms with Crippen LogP contribution in [0.1, 0.15) is 16.1 Å². The minimum atomic E-state index is -0.551. The van der Waals surface area contributed by atoms with Crippen molar-refractivity contribution >= 4 is 17.6 Å². The molecule has 1 aromatic carbocycles. The lowest BCUT2D eigenvalue weighted by Gasteiger charge is -2.06. The molecular weight excluding hydrogens is 268 g/mol. The van der Waals surface area contributed by atoms with E-state index in [0.29, 0.717) is 11.6 Å². The van der Waals surface area contributed by atoms with Gasteiger partial charge in [-0.15, -0.1) is 0 Å². The zero-order valence-electron chi connectivity index (χ0n) is 10.2. The Labute approximate surface area is 115 Å². The van der Waals surface area contributed by atoms with Crippen LogP contribution in [0.4, 0.5) is 0 Å². The third-order valence-corrected chi connectivity index (χ3v) is 2.56. The summed E-state index contributed by atoms with van der Waals surface area (Å²) in [5.74, 6) is -0.290. The van der Waals surface area contributed by atoms with Gasteiger partial charge in [0, 0.05) is 5.02 Å². The number of carbonyl (C=O) groups excluding carboxylic acids is 1. The number of halogens is 1. The second-order valence-electron chi connectivity index (χ2n) is 3.65. The topological polar surface area (TPSA) is 61.3 Å². The lowest BCUT2D eigenvalue weighted by atomic mass is 10.2. The highest BCUT2D eigenvalue weighted by molar-refractivity contribution is 6.30. The van der Waals surface area contributed by atoms with Crippen molar-refractivity contribution in [2.24, 2.45) is 0 Å². The Hall–Kier alpha value is -2.14. The molecule has 0 atom stereocenters. The summed E-state index contributed by atoms with van der Waals surface area (Å²) < 4.78 is 10.00. The average molecular weight is 279 g/mol. The molecule has 0 saturated carbocycles. The highest BCUT2D eigenvalue weighted by Crippen LogP contribution is 2.12. The van der Waals surface area contributed by atoms with Gasteiger partial charge in [-0.25, -0.2) is 9.78 Å². The maximum atomic E-state index is 11.3. The lowest BCUT2D eigenvalue weighted by molar-refractivity contribution is 0.0592. The van der Waals surface area contributed by atoms with Crippen LogP contribution < -0.4 is 4.74 Å². The summed E-state index contributed by atoms with van der Waals surface area (Å²) in [6.07, 6.45) is 2.75. The Morgan fingerprint density at radius 3 is 2.68 bits per heavy atom. The maximum absolute atomic E-state index is 11.3. The predicted octanol–water partition coefficient (Wildman–Crippen LogP) is 2.50. The molecule has 19 heavy (non-hydrogen) atoms. The van der Waals surface area contributed by atoms with Gasteiger partial charge in [0.25, 0.3) is 0 Å². The highest BCUT2D eigenvalue weighted by atomic mass is 35.5. The molecule has 98 valence electrons. The minimum Gasteiger partial charge on any atom is -0.472 e. The molecule has 0 N–H and O–H groups in total. The van der Waals surface area contributed by atoms with Gasteiger partial charge < -0.3 is 9.47 Å². The number of rotatable bonds is 4. The van der Waals surface area contributed by atoms with Crippen molar-refractivity contribution in [3.05, 3.63) is 52.9 Å². The Balaban J connectivity index is 2.03. The molecule has 2 aromatic rings. The van der Waals surface area contributed by atoms with Gasteiger partial charge >= 0.3 is 5.97 Å². The molecule has 0 fully saturated rings. The van der Waals surface area contributed by atoms with Gasteiger partial charge in [0.15, 0.2) is 5.69 Å². The van der Waals surface area contributed by atoms with Crippen LogP contribution in [0.25, 0.3) is 0 Å². The number of ether oxygens (including phenoxy) is 2. The largest absolute Gasteiger partial charge is 0.472 e. The quantitative estimate of drug-likeness (QED) is 0.804. The summed E-state index contributed by atoms with van der Waals surface area (Å²) in [7, 11) is 1.28. The molecule has 6 heteroatoms. The summed E-state index contributed by atoms with van der Waals surface area (Å²) >= 11 is 5.79. The zero-order chi connectivity index (χ0) is 13.7. The summed E-state index contributed by atoms with van der Waals surface area (Å²) in [6.45, 7) is 0.316. The normalized spacial score (nSPS) is 10.0. The predicted molar refractivity (Wildman–Crippen MR) is 69.2 cm³/mol. The van der Waals surface area contributed by atoms with Gasteiger partial charge in [0.2, 0.25) is 5.88 Å². The molecule has 0 aliphatic carbocycles. The van der Waals surface area contributed by atoms with E-state index in [1.807, 2.05) is 12.1 Å². The molecule has 0 unspecified atom stereocenters. The zero-order valence-corrected chi connectivity index (χ0v) is 10.9. The van der Waals surface area contributed by atoms with Crippen LogP contribution in [0.15, 0.2) is 36.7 Å².